The summed E-state index contributed by atoms with van der Waals surface area (Å²) in [6, 6.07) is 10.7. The molecule has 0 unspecified atom stereocenters. The highest BCUT2D eigenvalue weighted by Gasteiger charge is 2.48. The molecule has 2 aliphatic carbocycles. The molecule has 3 aliphatic rings. The van der Waals surface area contributed by atoms with Crippen molar-refractivity contribution in [2.24, 2.45) is 0 Å². The number of benzene rings is 2. The van der Waals surface area contributed by atoms with Crippen molar-refractivity contribution in [2.45, 2.75) is 38.3 Å². The third-order valence-electron chi connectivity index (χ3n) is 5.13. The average molecular weight is 320 g/mol. The minimum absolute atomic E-state index is 0.0729. The SMILES string of the molecule is CC1(C)O[C@@H]2Cc3c(ccc4c3C(=O)c3ccccc3C4=O)[C@@H]2O1. The molecular weight excluding hydrogens is 304 g/mol. The Morgan fingerprint density at radius 2 is 1.62 bits per heavy atom. The van der Waals surface area contributed by atoms with E-state index in [-0.39, 0.29) is 23.8 Å². The number of hydrogen-bond donors (Lipinski definition) is 0. The van der Waals surface area contributed by atoms with E-state index in [0.717, 1.165) is 11.1 Å². The van der Waals surface area contributed by atoms with Crippen molar-refractivity contribution in [3.8, 4) is 0 Å². The maximum atomic E-state index is 13.0. The van der Waals surface area contributed by atoms with Gasteiger partial charge >= 0.3 is 0 Å². The molecular formula is C20H16O4. The second kappa shape index (κ2) is 4.41. The topological polar surface area (TPSA) is 52.6 Å². The van der Waals surface area contributed by atoms with Gasteiger partial charge in [-0.15, -0.1) is 0 Å². The Morgan fingerprint density at radius 1 is 0.917 bits per heavy atom. The van der Waals surface area contributed by atoms with Gasteiger partial charge in [-0.05, 0) is 31.0 Å². The van der Waals surface area contributed by atoms with Gasteiger partial charge in [0.15, 0.2) is 17.4 Å². The first-order valence-electron chi connectivity index (χ1n) is 8.16. The van der Waals surface area contributed by atoms with Crippen LogP contribution in [0.3, 0.4) is 0 Å². The maximum absolute atomic E-state index is 13.0. The van der Waals surface area contributed by atoms with Crippen LogP contribution in [0.15, 0.2) is 36.4 Å². The summed E-state index contributed by atoms with van der Waals surface area (Å²) in [5, 5.41) is 0. The molecule has 1 fully saturated rings. The van der Waals surface area contributed by atoms with E-state index in [4.69, 9.17) is 9.47 Å². The zero-order valence-corrected chi connectivity index (χ0v) is 13.5. The molecule has 4 heteroatoms. The van der Waals surface area contributed by atoms with Crippen molar-refractivity contribution in [3.05, 3.63) is 69.8 Å². The molecule has 0 amide bonds. The van der Waals surface area contributed by atoms with E-state index in [1.165, 1.54) is 0 Å². The van der Waals surface area contributed by atoms with Gasteiger partial charge in [-0.2, -0.15) is 0 Å². The van der Waals surface area contributed by atoms with Crippen molar-refractivity contribution in [1.82, 2.24) is 0 Å². The molecule has 2 atom stereocenters. The first kappa shape index (κ1) is 14.1. The monoisotopic (exact) mass is 320 g/mol. The van der Waals surface area contributed by atoms with Gasteiger partial charge in [0, 0.05) is 28.7 Å². The lowest BCUT2D eigenvalue weighted by molar-refractivity contribution is -0.148. The normalized spacial score (nSPS) is 25.9. The number of hydrogen-bond acceptors (Lipinski definition) is 4. The number of rotatable bonds is 0. The number of ether oxygens (including phenoxy) is 2. The highest BCUT2D eigenvalue weighted by atomic mass is 16.8. The van der Waals surface area contributed by atoms with Crippen molar-refractivity contribution in [3.63, 3.8) is 0 Å². The molecule has 2 aromatic carbocycles. The quantitative estimate of drug-likeness (QED) is 0.638. The van der Waals surface area contributed by atoms with Crippen LogP contribution in [0.4, 0.5) is 0 Å². The van der Waals surface area contributed by atoms with Crippen molar-refractivity contribution in [1.29, 1.82) is 0 Å². The van der Waals surface area contributed by atoms with Gasteiger partial charge in [0.1, 0.15) is 6.10 Å². The minimum Gasteiger partial charge on any atom is -0.344 e. The zero-order valence-electron chi connectivity index (χ0n) is 13.5. The molecule has 0 spiro atoms. The van der Waals surface area contributed by atoms with E-state index in [2.05, 4.69) is 0 Å². The molecule has 5 rings (SSSR count). The molecule has 1 saturated heterocycles. The van der Waals surface area contributed by atoms with Gasteiger partial charge in [-0.25, -0.2) is 0 Å². The number of carbonyl (C=O) groups is 2. The molecule has 2 aromatic rings. The second-order valence-electron chi connectivity index (χ2n) is 7.06. The van der Waals surface area contributed by atoms with Gasteiger partial charge in [-0.3, -0.25) is 9.59 Å². The van der Waals surface area contributed by atoms with Crippen LogP contribution >= 0.6 is 0 Å². The van der Waals surface area contributed by atoms with Crippen LogP contribution in [-0.4, -0.2) is 23.5 Å². The molecule has 0 bridgehead atoms. The zero-order chi connectivity index (χ0) is 16.6. The third kappa shape index (κ3) is 1.70. The average Bonchev–Trinajstić information content (AvgIpc) is 3.03. The molecule has 0 radical (unpaired) electrons. The van der Waals surface area contributed by atoms with Crippen molar-refractivity contribution >= 4 is 11.6 Å². The van der Waals surface area contributed by atoms with Crippen molar-refractivity contribution < 1.29 is 19.1 Å². The predicted molar refractivity (Wildman–Crippen MR) is 86.2 cm³/mol. The van der Waals surface area contributed by atoms with E-state index < -0.39 is 5.79 Å². The van der Waals surface area contributed by atoms with Gasteiger partial charge in [0.25, 0.3) is 0 Å². The minimum atomic E-state index is -0.616. The largest absolute Gasteiger partial charge is 0.344 e. The number of carbonyl (C=O) groups excluding carboxylic acids is 2. The standard InChI is InChI=1S/C20H16O4/c1-20(2)23-15-9-14-12(19(15)24-20)7-8-13-16(14)18(22)11-6-4-3-5-10(11)17(13)21/h3-8,15,19H,9H2,1-2H3/t15-,19+/m1/s1. The first-order chi connectivity index (χ1) is 11.5. The van der Waals surface area contributed by atoms with Crippen LogP contribution < -0.4 is 0 Å². The molecule has 4 nitrogen and oxygen atoms in total. The summed E-state index contributed by atoms with van der Waals surface area (Å²) < 4.78 is 12.0. The Balaban J connectivity index is 1.70. The highest BCUT2D eigenvalue weighted by Crippen LogP contribution is 2.48. The van der Waals surface area contributed by atoms with Gasteiger partial charge in [-0.1, -0.05) is 30.3 Å². The first-order valence-corrected chi connectivity index (χ1v) is 8.16. The third-order valence-corrected chi connectivity index (χ3v) is 5.13. The summed E-state index contributed by atoms with van der Waals surface area (Å²) in [4.78, 5) is 25.8. The fourth-order valence-electron chi connectivity index (χ4n) is 4.21. The van der Waals surface area contributed by atoms with Crippen LogP contribution in [0, 0.1) is 0 Å². The van der Waals surface area contributed by atoms with Crippen LogP contribution in [0.1, 0.15) is 62.9 Å². The lowest BCUT2D eigenvalue weighted by Crippen LogP contribution is -2.25. The maximum Gasteiger partial charge on any atom is 0.194 e. The fourth-order valence-corrected chi connectivity index (χ4v) is 4.21. The summed E-state index contributed by atoms with van der Waals surface area (Å²) in [5.41, 5.74) is 3.90. The van der Waals surface area contributed by atoms with E-state index in [9.17, 15) is 9.59 Å². The Morgan fingerprint density at radius 3 is 2.38 bits per heavy atom. The molecule has 1 heterocycles. The Kier molecular flexibility index (Phi) is 2.58. The summed E-state index contributed by atoms with van der Waals surface area (Å²) in [6.07, 6.45) is 0.343. The van der Waals surface area contributed by atoms with Crippen LogP contribution in [-0.2, 0) is 15.9 Å². The van der Waals surface area contributed by atoms with E-state index in [1.54, 1.807) is 30.3 Å². The summed E-state index contributed by atoms with van der Waals surface area (Å²) in [7, 11) is 0. The van der Waals surface area contributed by atoms with Crippen LogP contribution in [0.2, 0.25) is 0 Å². The summed E-state index contributed by atoms with van der Waals surface area (Å²) in [5.74, 6) is -0.770. The highest BCUT2D eigenvalue weighted by molar-refractivity contribution is 6.29. The summed E-state index contributed by atoms with van der Waals surface area (Å²) in [6.45, 7) is 3.79. The van der Waals surface area contributed by atoms with E-state index in [0.29, 0.717) is 28.7 Å². The van der Waals surface area contributed by atoms with Gasteiger partial charge < -0.3 is 9.47 Å². The predicted octanol–water partition coefficient (Wildman–Crippen LogP) is 3.21. The second-order valence-corrected chi connectivity index (χ2v) is 7.06. The lowest BCUT2D eigenvalue weighted by atomic mass is 9.81. The molecule has 0 aromatic heterocycles. The molecule has 0 N–H and O–H groups in total. The van der Waals surface area contributed by atoms with E-state index >= 15 is 0 Å². The fraction of sp³-hybridized carbons (Fsp3) is 0.300. The molecule has 1 aliphatic heterocycles. The Labute approximate surface area is 139 Å². The van der Waals surface area contributed by atoms with Crippen molar-refractivity contribution in [2.75, 3.05) is 0 Å². The number of ketones is 2. The number of fused-ring (bicyclic) bond motifs is 6. The summed E-state index contributed by atoms with van der Waals surface area (Å²) >= 11 is 0. The Hall–Kier alpha value is -2.30. The Bertz CT molecular complexity index is 925. The van der Waals surface area contributed by atoms with E-state index in [1.807, 2.05) is 19.9 Å². The lowest BCUT2D eigenvalue weighted by Gasteiger charge is -2.22. The van der Waals surface area contributed by atoms with Crippen LogP contribution in [0.5, 0.6) is 0 Å². The molecule has 24 heavy (non-hydrogen) atoms. The smallest absolute Gasteiger partial charge is 0.194 e. The van der Waals surface area contributed by atoms with Crippen LogP contribution in [0.25, 0.3) is 0 Å². The van der Waals surface area contributed by atoms with Gasteiger partial charge in [0.05, 0.1) is 6.10 Å². The molecule has 0 saturated carbocycles. The molecule has 120 valence electrons. The van der Waals surface area contributed by atoms with Gasteiger partial charge in [0.2, 0.25) is 0 Å².